The van der Waals surface area contributed by atoms with Crippen molar-refractivity contribution in [1.29, 1.82) is 0 Å². The lowest BCUT2D eigenvalue weighted by Gasteiger charge is -2.17. The summed E-state index contributed by atoms with van der Waals surface area (Å²) in [5.41, 5.74) is 6.54. The van der Waals surface area contributed by atoms with Crippen molar-refractivity contribution in [1.82, 2.24) is 39.0 Å². The third kappa shape index (κ3) is 6.85. The predicted octanol–water partition coefficient (Wildman–Crippen LogP) is -3.60. The Balaban J connectivity index is 0.000000192. The quantitative estimate of drug-likeness (QED) is 0.0796. The number of aromatic hydroxyl groups is 1. The minimum absolute atomic E-state index is 0.0856. The van der Waals surface area contributed by atoms with E-state index in [0.29, 0.717) is 0 Å². The smallest absolute Gasteiger partial charge is 0.481 e. The van der Waals surface area contributed by atoms with Crippen molar-refractivity contribution in [2.75, 3.05) is 18.9 Å². The van der Waals surface area contributed by atoms with Crippen LogP contribution >= 0.6 is 15.6 Å². The van der Waals surface area contributed by atoms with Crippen LogP contribution in [0, 0.1) is 0 Å². The molecule has 0 radical (unpaired) electrons. The molecule has 24 nitrogen and oxygen atoms in total. The fourth-order valence-corrected chi connectivity index (χ4v) is 6.21. The molecule has 2 aliphatic heterocycles. The largest absolute Gasteiger partial charge is 0.492 e. The van der Waals surface area contributed by atoms with Crippen molar-refractivity contribution in [3.63, 3.8) is 0 Å². The van der Waals surface area contributed by atoms with Crippen LogP contribution in [0.3, 0.4) is 0 Å². The molecule has 0 saturated carbocycles. The molecular weight excluding hydrogens is 668 g/mol. The van der Waals surface area contributed by atoms with Crippen LogP contribution < -0.4 is 5.73 Å². The third-order valence-corrected chi connectivity index (χ3v) is 8.89. The molecule has 2 saturated heterocycles. The number of nitrogen functional groups attached to an aromatic ring is 1. The Morgan fingerprint density at radius 2 is 1.30 bits per heavy atom. The van der Waals surface area contributed by atoms with Gasteiger partial charge in [0.05, 0.1) is 25.9 Å². The normalized spacial score (nSPS) is 29.6. The zero-order valence-corrected chi connectivity index (χ0v) is 24.7. The summed E-state index contributed by atoms with van der Waals surface area (Å²) in [5, 5.41) is 58.5. The first-order chi connectivity index (χ1) is 21.6. The number of phosphoric ester groups is 1. The molecule has 9 atom stereocenters. The zero-order valence-electron chi connectivity index (χ0n) is 22.9. The Labute approximate surface area is 255 Å². The lowest BCUT2D eigenvalue weighted by atomic mass is 10.1. The zero-order chi connectivity index (χ0) is 33.6. The Hall–Kier alpha value is -3.32. The number of nitrogens with zero attached hydrogens (tertiary/aromatic N) is 8. The molecule has 1 unspecified atom stereocenters. The second-order valence-electron chi connectivity index (χ2n) is 9.72. The average molecular weight is 695 g/mol. The van der Waals surface area contributed by atoms with E-state index in [0.717, 1.165) is 12.7 Å². The number of hydrogen-bond donors (Lipinski definition) is 10. The first kappa shape index (κ1) is 34.0. The minimum Gasteiger partial charge on any atom is -0.492 e. The molecule has 4 aromatic rings. The van der Waals surface area contributed by atoms with E-state index in [1.165, 1.54) is 21.8 Å². The number of fused-ring (bicyclic) bond motifs is 2. The van der Waals surface area contributed by atoms with Gasteiger partial charge < -0.3 is 60.5 Å². The van der Waals surface area contributed by atoms with Crippen LogP contribution in [0.1, 0.15) is 12.5 Å². The molecule has 0 bridgehead atoms. The summed E-state index contributed by atoms with van der Waals surface area (Å²) in [4.78, 5) is 49.6. The average Bonchev–Trinajstić information content (AvgIpc) is 3.74. The second-order valence-corrected chi connectivity index (χ2v) is 12.5. The van der Waals surface area contributed by atoms with Crippen molar-refractivity contribution in [2.24, 2.45) is 0 Å². The molecular formula is C20H27N9O15P2. The third-order valence-electron chi connectivity index (χ3n) is 6.74. The SMILES string of the molecule is Nc1ncnc2c1ncn2[C@@H]1O[C@H](COP(=O)(O)OP(=O)(O)O)[C@@H](O)[C@H]1O.OC[C@H]1O[C@@H](n2cnc3c(O)ncnc32)[C@H](O)[C@@H]1O. The Kier molecular flexibility index (Phi) is 9.66. The van der Waals surface area contributed by atoms with Gasteiger partial charge in [0.25, 0.3) is 0 Å². The lowest BCUT2D eigenvalue weighted by Crippen LogP contribution is -2.33. The molecule has 0 aromatic carbocycles. The first-order valence-electron chi connectivity index (χ1n) is 12.8. The topological polar surface area (TPSA) is 366 Å². The van der Waals surface area contributed by atoms with Gasteiger partial charge in [-0.05, 0) is 0 Å². The fraction of sp³-hybridized carbons (Fsp3) is 0.500. The standard InChI is InChI=1S/C10H15N5O10P2.C10H12N4O5/c11-8-5-9(13-2-12-8)15(3-14-5)10-7(17)6(16)4(24-10)1-23-27(21,22)25-26(18,19)20;15-1-4-6(16)7(17)10(19-4)14-3-13-5-8(14)11-2-12-9(5)18/h2-4,6-7,10,16-17H,1H2,(H,21,22)(H2,11,12,13)(H2,18,19,20);2-4,6-7,10,15-17H,1H2,(H,11,12,18)/t2*4-,6-,7-,10-/m11/s1. The summed E-state index contributed by atoms with van der Waals surface area (Å²) >= 11 is 0. The van der Waals surface area contributed by atoms with Crippen LogP contribution in [0.25, 0.3) is 22.3 Å². The summed E-state index contributed by atoms with van der Waals surface area (Å²) in [6.07, 6.45) is -4.99. The van der Waals surface area contributed by atoms with Gasteiger partial charge in [-0.1, -0.05) is 0 Å². The number of anilines is 1. The minimum atomic E-state index is -5.29. The Morgan fingerprint density at radius 1 is 0.783 bits per heavy atom. The molecule has 2 fully saturated rings. The molecule has 0 aliphatic carbocycles. The number of aliphatic hydroxyl groups is 5. The van der Waals surface area contributed by atoms with Gasteiger partial charge in [0, 0.05) is 0 Å². The number of imidazole rings is 2. The molecule has 26 heteroatoms. The lowest BCUT2D eigenvalue weighted by molar-refractivity contribution is -0.0511. The summed E-state index contributed by atoms with van der Waals surface area (Å²) in [7, 11) is -10.4. The summed E-state index contributed by atoms with van der Waals surface area (Å²) in [6.45, 7) is -1.23. The molecule has 252 valence electrons. The fourth-order valence-electron chi connectivity index (χ4n) is 4.61. The molecule has 0 amide bonds. The molecule has 46 heavy (non-hydrogen) atoms. The summed E-state index contributed by atoms with van der Waals surface area (Å²) in [6, 6.07) is 0. The maximum Gasteiger partial charge on any atom is 0.481 e. The van der Waals surface area contributed by atoms with Gasteiger partial charge in [-0.3, -0.25) is 13.7 Å². The van der Waals surface area contributed by atoms with Crippen molar-refractivity contribution in [2.45, 2.75) is 49.1 Å². The van der Waals surface area contributed by atoms with E-state index >= 15 is 0 Å². The highest BCUT2D eigenvalue weighted by Gasteiger charge is 2.46. The highest BCUT2D eigenvalue weighted by Crippen LogP contribution is 2.57. The number of rotatable bonds is 8. The summed E-state index contributed by atoms with van der Waals surface area (Å²) in [5.74, 6) is -0.196. The van der Waals surface area contributed by atoms with Crippen molar-refractivity contribution < 1.29 is 72.8 Å². The van der Waals surface area contributed by atoms with Gasteiger partial charge in [-0.15, -0.1) is 0 Å². The molecule has 6 heterocycles. The predicted molar refractivity (Wildman–Crippen MR) is 145 cm³/mol. The van der Waals surface area contributed by atoms with Gasteiger partial charge in [0.1, 0.15) is 54.8 Å². The number of aromatic nitrogens is 8. The molecule has 0 spiro atoms. The van der Waals surface area contributed by atoms with Crippen LogP contribution in [0.5, 0.6) is 5.88 Å². The number of nitrogens with two attached hydrogens (primary N) is 1. The number of aliphatic hydroxyl groups excluding tert-OH is 5. The number of phosphoric acid groups is 2. The first-order valence-corrected chi connectivity index (χ1v) is 15.8. The van der Waals surface area contributed by atoms with Crippen LogP contribution in [-0.2, 0) is 27.4 Å². The monoisotopic (exact) mass is 695 g/mol. The van der Waals surface area contributed by atoms with E-state index in [4.69, 9.17) is 30.1 Å². The van der Waals surface area contributed by atoms with Gasteiger partial charge in [-0.2, -0.15) is 9.29 Å². The molecule has 6 rings (SSSR count). The van der Waals surface area contributed by atoms with Crippen molar-refractivity contribution in [3.05, 3.63) is 25.3 Å². The van der Waals surface area contributed by atoms with Crippen molar-refractivity contribution >= 4 is 43.8 Å². The maximum atomic E-state index is 11.5. The van der Waals surface area contributed by atoms with Gasteiger partial charge in [0.15, 0.2) is 35.1 Å². The Bertz CT molecular complexity index is 1790. The van der Waals surface area contributed by atoms with E-state index in [-0.39, 0.29) is 34.0 Å². The van der Waals surface area contributed by atoms with E-state index in [1.54, 1.807) is 0 Å². The van der Waals surface area contributed by atoms with E-state index in [1.807, 2.05) is 0 Å². The van der Waals surface area contributed by atoms with E-state index < -0.39 is 77.9 Å². The van der Waals surface area contributed by atoms with Gasteiger partial charge in [-0.25, -0.2) is 34.0 Å². The van der Waals surface area contributed by atoms with Crippen molar-refractivity contribution in [3.8, 4) is 5.88 Å². The maximum absolute atomic E-state index is 11.5. The Morgan fingerprint density at radius 3 is 1.87 bits per heavy atom. The van der Waals surface area contributed by atoms with Gasteiger partial charge in [0.2, 0.25) is 5.88 Å². The van der Waals surface area contributed by atoms with E-state index in [9.17, 15) is 39.6 Å². The summed E-state index contributed by atoms with van der Waals surface area (Å²) < 4.78 is 43.6. The highest BCUT2D eigenvalue weighted by molar-refractivity contribution is 7.60. The van der Waals surface area contributed by atoms with E-state index in [2.05, 4.69) is 38.7 Å². The second kappa shape index (κ2) is 13.1. The van der Waals surface area contributed by atoms with Crippen LogP contribution in [0.2, 0.25) is 0 Å². The number of ether oxygens (including phenoxy) is 2. The van der Waals surface area contributed by atoms with Gasteiger partial charge >= 0.3 is 15.6 Å². The molecule has 11 N–H and O–H groups in total. The molecule has 2 aliphatic rings. The number of hydrogen-bond acceptors (Lipinski definition) is 19. The van der Waals surface area contributed by atoms with Crippen LogP contribution in [0.15, 0.2) is 25.3 Å². The van der Waals surface area contributed by atoms with Crippen LogP contribution in [-0.4, -0.2) is 134 Å². The van der Waals surface area contributed by atoms with Crippen LogP contribution in [0.4, 0.5) is 5.82 Å². The molecule has 4 aromatic heterocycles. The highest BCUT2D eigenvalue weighted by atomic mass is 31.3.